The predicted octanol–water partition coefficient (Wildman–Crippen LogP) is 2.80. The second-order valence-electron chi connectivity index (χ2n) is 4.65. The smallest absolute Gasteiger partial charge is 0.263 e. The van der Waals surface area contributed by atoms with E-state index in [1.807, 2.05) is 0 Å². The highest BCUT2D eigenvalue weighted by Gasteiger charge is 2.23. The lowest BCUT2D eigenvalue weighted by Crippen LogP contribution is -2.03. The van der Waals surface area contributed by atoms with Crippen LogP contribution >= 0.6 is 8.25 Å². The van der Waals surface area contributed by atoms with Gasteiger partial charge in [0.2, 0.25) is 0 Å². The van der Waals surface area contributed by atoms with Crippen LogP contribution in [-0.4, -0.2) is 43.6 Å². The van der Waals surface area contributed by atoms with Gasteiger partial charge in [-0.2, -0.15) is 10.2 Å². The molecular formula is C10H14N12O3P+. The second-order valence-corrected chi connectivity index (χ2v) is 5.61. The highest BCUT2D eigenvalue weighted by molar-refractivity contribution is 7.33. The molecule has 0 aliphatic carbocycles. The normalized spacial score (nSPS) is 13.3. The maximum Gasteiger partial charge on any atom is 0.697 e. The van der Waals surface area contributed by atoms with Crippen molar-refractivity contribution in [2.24, 2.45) is 10.2 Å². The van der Waals surface area contributed by atoms with E-state index in [9.17, 15) is 4.57 Å². The van der Waals surface area contributed by atoms with E-state index in [-0.39, 0.29) is 26.1 Å². The third-order valence-electron chi connectivity index (χ3n) is 3.06. The van der Waals surface area contributed by atoms with Crippen molar-refractivity contribution in [1.82, 2.24) is 30.4 Å². The first-order valence-electron chi connectivity index (χ1n) is 7.26. The average molecular weight is 381 g/mol. The largest absolute Gasteiger partial charge is 0.697 e. The van der Waals surface area contributed by atoms with Gasteiger partial charge in [-0.25, -0.2) is 9.97 Å². The predicted molar refractivity (Wildman–Crippen MR) is 85.3 cm³/mol. The van der Waals surface area contributed by atoms with Gasteiger partial charge >= 0.3 is 8.25 Å². The molecule has 0 bridgehead atoms. The van der Waals surface area contributed by atoms with Crippen molar-refractivity contribution in [2.45, 2.75) is 24.9 Å². The third kappa shape index (κ3) is 6.09. The molecule has 16 heteroatoms. The quantitative estimate of drug-likeness (QED) is 0.242. The molecule has 0 saturated heterocycles. The van der Waals surface area contributed by atoms with Gasteiger partial charge in [-0.15, -0.1) is 9.05 Å². The van der Waals surface area contributed by atoms with Crippen molar-refractivity contribution in [3.8, 4) is 0 Å². The Bertz CT molecular complexity index is 703. The number of aromatic nitrogens is 6. The molecule has 0 fully saturated rings. The van der Waals surface area contributed by atoms with Crippen LogP contribution in [0.3, 0.4) is 0 Å². The summed E-state index contributed by atoms with van der Waals surface area (Å²) in [7, 11) is -2.39. The lowest BCUT2D eigenvalue weighted by atomic mass is 10.2. The van der Waals surface area contributed by atoms with Gasteiger partial charge in [-0.3, -0.25) is 10.2 Å². The zero-order valence-electron chi connectivity index (χ0n) is 13.3. The Morgan fingerprint density at radius 3 is 1.81 bits per heavy atom. The summed E-state index contributed by atoms with van der Waals surface area (Å²) in [6, 6.07) is -1.24. The molecule has 0 amide bonds. The van der Waals surface area contributed by atoms with E-state index in [0.29, 0.717) is 11.6 Å². The molecule has 2 unspecified atom stereocenters. The molecule has 0 aromatic carbocycles. The van der Waals surface area contributed by atoms with Gasteiger partial charge in [0.15, 0.2) is 0 Å². The topological polar surface area (TPSA) is 216 Å². The van der Waals surface area contributed by atoms with Crippen molar-refractivity contribution in [3.63, 3.8) is 0 Å². The fraction of sp³-hybridized carbons (Fsp3) is 0.600. The van der Waals surface area contributed by atoms with Gasteiger partial charge in [0, 0.05) is 14.4 Å². The summed E-state index contributed by atoms with van der Waals surface area (Å²) in [5.41, 5.74) is 17.1. The van der Waals surface area contributed by atoms with Crippen LogP contribution in [-0.2, 0) is 13.6 Å². The molecule has 26 heavy (non-hydrogen) atoms. The Labute approximate surface area is 146 Å². The first-order valence-corrected chi connectivity index (χ1v) is 8.36. The maximum absolute atomic E-state index is 11.7. The highest BCUT2D eigenvalue weighted by Crippen LogP contribution is 2.28. The van der Waals surface area contributed by atoms with Crippen molar-refractivity contribution in [3.05, 3.63) is 45.2 Å². The molecular weight excluding hydrogens is 367 g/mol. The summed E-state index contributed by atoms with van der Waals surface area (Å²) >= 11 is 0. The summed E-state index contributed by atoms with van der Waals surface area (Å²) in [6.07, 6.45) is 3.05. The van der Waals surface area contributed by atoms with Crippen LogP contribution in [0.5, 0.6) is 0 Å². The zero-order chi connectivity index (χ0) is 18.6. The van der Waals surface area contributed by atoms with Crippen LogP contribution in [0, 0.1) is 0 Å². The Morgan fingerprint density at radius 1 is 1.00 bits per heavy atom. The van der Waals surface area contributed by atoms with Crippen LogP contribution < -0.4 is 0 Å². The van der Waals surface area contributed by atoms with Crippen LogP contribution in [0.25, 0.3) is 20.9 Å². The standard InChI is InChI=1S/C10H14N12O3P/c11-21-17-7(9-13-5-15-19-9)1-3-24-26(23)25-4-2-8(18-22-12)10-14-6-16-20-10/h5-8H,1-4H2,(H,13,15,19)(H,14,16,20)/q+1. The van der Waals surface area contributed by atoms with Crippen LogP contribution in [0.2, 0.25) is 0 Å². The molecule has 0 saturated carbocycles. The van der Waals surface area contributed by atoms with Crippen molar-refractivity contribution in [2.75, 3.05) is 13.2 Å². The molecule has 2 aromatic heterocycles. The first kappa shape index (κ1) is 19.2. The lowest BCUT2D eigenvalue weighted by molar-refractivity contribution is 0.213. The zero-order valence-corrected chi connectivity index (χ0v) is 14.2. The summed E-state index contributed by atoms with van der Waals surface area (Å²) < 4.78 is 21.8. The number of hydrogen-bond donors (Lipinski definition) is 2. The SMILES string of the molecule is [N-]=[N+]=NC(CCO[P+](=O)OCCC(N=[N+]=[N-])c1ncn[nH]1)c1ncn[nH]1. The fourth-order valence-corrected chi connectivity index (χ4v) is 2.47. The summed E-state index contributed by atoms with van der Waals surface area (Å²) in [5, 5.41) is 19.7. The highest BCUT2D eigenvalue weighted by atomic mass is 31.1. The molecule has 0 aliphatic heterocycles. The van der Waals surface area contributed by atoms with Gasteiger partial charge in [0.05, 0.1) is 12.1 Å². The van der Waals surface area contributed by atoms with E-state index < -0.39 is 20.3 Å². The lowest BCUT2D eigenvalue weighted by Gasteiger charge is -2.05. The first-order chi connectivity index (χ1) is 12.7. The minimum atomic E-state index is -2.39. The molecule has 0 spiro atoms. The Hall–Kier alpha value is -3.08. The Kier molecular flexibility index (Phi) is 7.93. The average Bonchev–Trinajstić information content (AvgIpc) is 3.34. The molecule has 15 nitrogen and oxygen atoms in total. The van der Waals surface area contributed by atoms with E-state index in [0.717, 1.165) is 0 Å². The van der Waals surface area contributed by atoms with Gasteiger partial charge < -0.3 is 0 Å². The molecule has 2 atom stereocenters. The number of hydrogen-bond acceptors (Lipinski definition) is 9. The number of azide groups is 2. The van der Waals surface area contributed by atoms with E-state index >= 15 is 0 Å². The van der Waals surface area contributed by atoms with Gasteiger partial charge in [-0.05, 0) is 23.9 Å². The number of aromatic amines is 2. The third-order valence-corrected chi connectivity index (χ3v) is 3.84. The number of rotatable bonds is 12. The second kappa shape index (κ2) is 10.7. The van der Waals surface area contributed by atoms with Crippen LogP contribution in [0.15, 0.2) is 22.9 Å². The molecule has 0 aliphatic rings. The Balaban J connectivity index is 1.71. The number of nitrogens with zero attached hydrogens (tertiary/aromatic N) is 10. The summed E-state index contributed by atoms with van der Waals surface area (Å²) in [6.45, 7) is 0.0307. The minimum absolute atomic E-state index is 0.0153. The van der Waals surface area contributed by atoms with Crippen molar-refractivity contribution < 1.29 is 13.6 Å². The van der Waals surface area contributed by atoms with E-state index in [4.69, 9.17) is 20.1 Å². The number of nitrogens with one attached hydrogen (secondary N) is 2. The number of H-pyrrole nitrogens is 2. The van der Waals surface area contributed by atoms with Gasteiger partial charge in [-0.1, -0.05) is 10.2 Å². The van der Waals surface area contributed by atoms with E-state index in [1.165, 1.54) is 12.7 Å². The molecule has 2 rings (SSSR count). The van der Waals surface area contributed by atoms with Gasteiger partial charge in [0.25, 0.3) is 0 Å². The van der Waals surface area contributed by atoms with E-state index in [1.54, 1.807) is 0 Å². The van der Waals surface area contributed by atoms with Crippen LogP contribution in [0.4, 0.5) is 0 Å². The molecule has 2 heterocycles. The van der Waals surface area contributed by atoms with E-state index in [2.05, 4.69) is 50.4 Å². The van der Waals surface area contributed by atoms with Gasteiger partial charge in [0.1, 0.15) is 37.5 Å². The molecule has 2 N–H and O–H groups in total. The molecule has 136 valence electrons. The van der Waals surface area contributed by atoms with Crippen molar-refractivity contribution >= 4 is 8.25 Å². The fourth-order valence-electron chi connectivity index (χ4n) is 1.89. The Morgan fingerprint density at radius 2 is 1.46 bits per heavy atom. The maximum atomic E-state index is 11.7. The summed E-state index contributed by atoms with van der Waals surface area (Å²) in [4.78, 5) is 13.2. The van der Waals surface area contributed by atoms with Crippen LogP contribution in [0.1, 0.15) is 36.6 Å². The minimum Gasteiger partial charge on any atom is -0.263 e. The van der Waals surface area contributed by atoms with Crippen molar-refractivity contribution in [1.29, 1.82) is 0 Å². The monoisotopic (exact) mass is 381 g/mol. The summed E-state index contributed by atoms with van der Waals surface area (Å²) in [5.74, 6) is 0.763. The molecule has 0 radical (unpaired) electrons. The molecule has 2 aromatic rings.